The monoisotopic (exact) mass is 392 g/mol. The highest BCUT2D eigenvalue weighted by Crippen LogP contribution is 2.30. The predicted molar refractivity (Wildman–Crippen MR) is 81.3 cm³/mol. The topological polar surface area (TPSA) is 61.8 Å². The summed E-state index contributed by atoms with van der Waals surface area (Å²) in [6, 6.07) is 0. The molecule has 0 saturated heterocycles. The standard InChI is InChI=1S/C11H14Br2N4O2/c1-5(12)6(13)8-14-9-7(15(8)2)10(18)17(4)11(19)16(9)3/h5-6H,1-4H3/t5-,6+/m0/s1. The molecular formula is C11H14Br2N4O2. The molecule has 0 aromatic carbocycles. The van der Waals surface area contributed by atoms with Crippen molar-refractivity contribution in [3.05, 3.63) is 26.7 Å². The van der Waals surface area contributed by atoms with Gasteiger partial charge in [0.2, 0.25) is 0 Å². The quantitative estimate of drug-likeness (QED) is 0.720. The van der Waals surface area contributed by atoms with E-state index in [9.17, 15) is 9.59 Å². The number of alkyl halides is 2. The average molecular weight is 394 g/mol. The lowest BCUT2D eigenvalue weighted by Gasteiger charge is -2.11. The Morgan fingerprint density at radius 3 is 2.16 bits per heavy atom. The third kappa shape index (κ3) is 2.10. The normalized spacial score (nSPS) is 14.8. The fraction of sp³-hybridized carbons (Fsp3) is 0.545. The molecule has 0 aliphatic rings. The Morgan fingerprint density at radius 1 is 1.05 bits per heavy atom. The van der Waals surface area contributed by atoms with Gasteiger partial charge in [-0.25, -0.2) is 9.78 Å². The molecule has 0 aliphatic carbocycles. The van der Waals surface area contributed by atoms with Gasteiger partial charge in [0.25, 0.3) is 5.56 Å². The summed E-state index contributed by atoms with van der Waals surface area (Å²) in [7, 11) is 4.86. The van der Waals surface area contributed by atoms with Gasteiger partial charge < -0.3 is 4.57 Å². The van der Waals surface area contributed by atoms with Gasteiger partial charge in [-0.3, -0.25) is 13.9 Å². The molecule has 2 aromatic rings. The van der Waals surface area contributed by atoms with Gasteiger partial charge in [0, 0.05) is 26.0 Å². The lowest BCUT2D eigenvalue weighted by atomic mass is 10.3. The van der Waals surface area contributed by atoms with E-state index in [0.29, 0.717) is 17.0 Å². The van der Waals surface area contributed by atoms with Crippen LogP contribution in [0.15, 0.2) is 9.59 Å². The average Bonchev–Trinajstić information content (AvgIpc) is 2.70. The van der Waals surface area contributed by atoms with E-state index in [0.717, 1.165) is 4.57 Å². The molecule has 0 saturated carbocycles. The molecule has 2 rings (SSSR count). The Hall–Kier alpha value is -0.890. The second-order valence-corrected chi connectivity index (χ2v) is 6.92. The molecule has 8 heteroatoms. The summed E-state index contributed by atoms with van der Waals surface area (Å²) in [5.74, 6) is 0.706. The smallest absolute Gasteiger partial charge is 0.324 e. The number of imidazole rings is 1. The minimum Gasteiger partial charge on any atom is -0.324 e. The highest BCUT2D eigenvalue weighted by atomic mass is 79.9. The molecule has 0 N–H and O–H groups in total. The van der Waals surface area contributed by atoms with Crippen LogP contribution in [0, 0.1) is 0 Å². The molecule has 19 heavy (non-hydrogen) atoms. The number of nitrogens with zero attached hydrogens (tertiary/aromatic N) is 4. The first kappa shape index (κ1) is 14.5. The molecule has 0 aliphatic heterocycles. The van der Waals surface area contributed by atoms with Crippen LogP contribution in [0.4, 0.5) is 0 Å². The largest absolute Gasteiger partial charge is 0.332 e. The number of fused-ring (bicyclic) bond motifs is 1. The number of halogens is 2. The first-order chi connectivity index (χ1) is 8.77. The van der Waals surface area contributed by atoms with E-state index in [1.54, 1.807) is 18.7 Å². The van der Waals surface area contributed by atoms with Crippen molar-refractivity contribution in [2.24, 2.45) is 21.1 Å². The van der Waals surface area contributed by atoms with E-state index in [2.05, 4.69) is 36.8 Å². The Balaban J connectivity index is 2.93. The molecule has 2 aromatic heterocycles. The van der Waals surface area contributed by atoms with Crippen LogP contribution in [0.3, 0.4) is 0 Å². The SMILES string of the molecule is C[C@H](Br)[C@@H](Br)c1nc2c(c(=O)n(C)c(=O)n2C)n1C. The molecule has 0 radical (unpaired) electrons. The van der Waals surface area contributed by atoms with Crippen LogP contribution in [-0.4, -0.2) is 23.5 Å². The zero-order chi connectivity index (χ0) is 14.5. The van der Waals surface area contributed by atoms with Crippen molar-refractivity contribution in [2.45, 2.75) is 16.6 Å². The van der Waals surface area contributed by atoms with Crippen LogP contribution < -0.4 is 11.2 Å². The van der Waals surface area contributed by atoms with Crippen LogP contribution in [-0.2, 0) is 21.1 Å². The second kappa shape index (κ2) is 4.90. The van der Waals surface area contributed by atoms with Gasteiger partial charge in [0.05, 0.1) is 4.83 Å². The summed E-state index contributed by atoms with van der Waals surface area (Å²) in [5, 5.41) is 0. The van der Waals surface area contributed by atoms with E-state index in [1.165, 1.54) is 11.6 Å². The van der Waals surface area contributed by atoms with E-state index < -0.39 is 0 Å². The van der Waals surface area contributed by atoms with E-state index in [1.807, 2.05) is 6.92 Å². The molecule has 0 spiro atoms. The maximum atomic E-state index is 12.2. The Bertz CT molecular complexity index is 757. The maximum absolute atomic E-state index is 12.2. The summed E-state index contributed by atoms with van der Waals surface area (Å²) >= 11 is 7.02. The second-order valence-electron chi connectivity index (χ2n) is 4.49. The van der Waals surface area contributed by atoms with Gasteiger partial charge in [0.1, 0.15) is 5.82 Å². The van der Waals surface area contributed by atoms with Gasteiger partial charge in [-0.2, -0.15) is 0 Å². The van der Waals surface area contributed by atoms with Crippen molar-refractivity contribution in [1.82, 2.24) is 18.7 Å². The molecule has 2 atom stereocenters. The van der Waals surface area contributed by atoms with Crippen molar-refractivity contribution >= 4 is 43.0 Å². The first-order valence-electron chi connectivity index (χ1n) is 5.67. The Morgan fingerprint density at radius 2 is 1.63 bits per heavy atom. The zero-order valence-corrected chi connectivity index (χ0v) is 14.2. The predicted octanol–water partition coefficient (Wildman–Crippen LogP) is 1.19. The Kier molecular flexibility index (Phi) is 3.74. The lowest BCUT2D eigenvalue weighted by Crippen LogP contribution is -2.37. The molecule has 0 amide bonds. The molecule has 0 fully saturated rings. The van der Waals surface area contributed by atoms with Crippen molar-refractivity contribution in [2.75, 3.05) is 0 Å². The fourth-order valence-electron chi connectivity index (χ4n) is 1.99. The summed E-state index contributed by atoms with van der Waals surface area (Å²) in [6.45, 7) is 1.98. The van der Waals surface area contributed by atoms with E-state index >= 15 is 0 Å². The van der Waals surface area contributed by atoms with Crippen LogP contribution in [0.1, 0.15) is 17.6 Å². The van der Waals surface area contributed by atoms with Gasteiger partial charge in [0.15, 0.2) is 11.2 Å². The van der Waals surface area contributed by atoms with Gasteiger partial charge >= 0.3 is 5.69 Å². The van der Waals surface area contributed by atoms with Crippen molar-refractivity contribution in [3.8, 4) is 0 Å². The highest BCUT2D eigenvalue weighted by molar-refractivity contribution is 9.12. The van der Waals surface area contributed by atoms with Crippen molar-refractivity contribution in [3.63, 3.8) is 0 Å². The molecule has 2 heterocycles. The number of hydrogen-bond acceptors (Lipinski definition) is 3. The highest BCUT2D eigenvalue weighted by Gasteiger charge is 2.23. The van der Waals surface area contributed by atoms with Gasteiger partial charge in [-0.15, -0.1) is 0 Å². The third-order valence-corrected chi connectivity index (χ3v) is 5.60. The summed E-state index contributed by atoms with van der Waals surface area (Å²) < 4.78 is 4.21. The van der Waals surface area contributed by atoms with Crippen LogP contribution in [0.5, 0.6) is 0 Å². The van der Waals surface area contributed by atoms with Crippen molar-refractivity contribution in [1.29, 1.82) is 0 Å². The molecular weight excluding hydrogens is 380 g/mol. The third-order valence-electron chi connectivity index (χ3n) is 3.16. The number of rotatable bonds is 2. The first-order valence-corrected chi connectivity index (χ1v) is 7.51. The van der Waals surface area contributed by atoms with E-state index in [4.69, 9.17) is 0 Å². The van der Waals surface area contributed by atoms with Gasteiger partial charge in [-0.05, 0) is 0 Å². The molecule has 104 valence electrons. The summed E-state index contributed by atoms with van der Waals surface area (Å²) in [4.78, 5) is 28.6. The molecule has 0 unspecified atom stereocenters. The van der Waals surface area contributed by atoms with Crippen LogP contribution >= 0.6 is 31.9 Å². The molecule has 0 bridgehead atoms. The van der Waals surface area contributed by atoms with Crippen LogP contribution in [0.2, 0.25) is 0 Å². The van der Waals surface area contributed by atoms with Gasteiger partial charge in [-0.1, -0.05) is 38.8 Å². The van der Waals surface area contributed by atoms with Crippen LogP contribution in [0.25, 0.3) is 11.2 Å². The zero-order valence-electron chi connectivity index (χ0n) is 11.0. The minimum atomic E-state index is -0.375. The molecule has 6 nitrogen and oxygen atoms in total. The van der Waals surface area contributed by atoms with E-state index in [-0.39, 0.29) is 20.9 Å². The Labute approximate surface area is 126 Å². The lowest BCUT2D eigenvalue weighted by molar-refractivity contribution is 0.705. The summed E-state index contributed by atoms with van der Waals surface area (Å²) in [6.07, 6.45) is 0. The fourth-order valence-corrected chi connectivity index (χ4v) is 2.63. The minimum absolute atomic E-state index is 0.0512. The maximum Gasteiger partial charge on any atom is 0.332 e. The van der Waals surface area contributed by atoms with Crippen molar-refractivity contribution < 1.29 is 0 Å². The number of aryl methyl sites for hydroxylation is 2. The number of hydrogen-bond donors (Lipinski definition) is 0. The number of aromatic nitrogens is 4. The summed E-state index contributed by atoms with van der Waals surface area (Å²) in [5.41, 5.74) is 0.127.